The Kier molecular flexibility index (Phi) is 7.92. The highest BCUT2D eigenvalue weighted by Crippen LogP contribution is 2.32. The van der Waals surface area contributed by atoms with Crippen molar-refractivity contribution in [2.75, 3.05) is 35.7 Å². The lowest BCUT2D eigenvalue weighted by Gasteiger charge is -2.29. The second-order valence-electron chi connectivity index (χ2n) is 9.15. The summed E-state index contributed by atoms with van der Waals surface area (Å²) in [4.78, 5) is 28.4. The lowest BCUT2D eigenvalue weighted by atomic mass is 9.85. The Hall–Kier alpha value is -3.11. The van der Waals surface area contributed by atoms with E-state index in [1.165, 1.54) is 18.6 Å². The topological polar surface area (TPSA) is 95.1 Å². The molecule has 2 fully saturated rings. The van der Waals surface area contributed by atoms with Crippen LogP contribution in [0.3, 0.4) is 0 Å². The van der Waals surface area contributed by atoms with Crippen molar-refractivity contribution in [3.63, 3.8) is 0 Å². The first-order chi connectivity index (χ1) is 16.8. The summed E-state index contributed by atoms with van der Waals surface area (Å²) in [7, 11) is 1.77. The van der Waals surface area contributed by atoms with Crippen molar-refractivity contribution >= 4 is 23.8 Å². The fourth-order valence-corrected chi connectivity index (χ4v) is 4.74. The Morgan fingerprint density at radius 1 is 1.00 bits per heavy atom. The Morgan fingerprint density at radius 3 is 2.37 bits per heavy atom. The molecule has 0 spiro atoms. The van der Waals surface area contributed by atoms with E-state index >= 15 is 0 Å². The third-order valence-electron chi connectivity index (χ3n) is 6.69. The highest BCUT2D eigenvalue weighted by molar-refractivity contribution is 5.78. The summed E-state index contributed by atoms with van der Waals surface area (Å²) in [6.45, 7) is 1.73. The first kappa shape index (κ1) is 25.0. The molecule has 4 rings (SSSR count). The maximum absolute atomic E-state index is 13.2. The van der Waals surface area contributed by atoms with E-state index in [1.807, 2.05) is 0 Å². The molecule has 0 atom stereocenters. The van der Waals surface area contributed by atoms with Crippen molar-refractivity contribution in [1.82, 2.24) is 20.3 Å². The number of piperidine rings is 1. The van der Waals surface area contributed by atoms with Crippen molar-refractivity contribution in [2.45, 2.75) is 63.7 Å². The van der Waals surface area contributed by atoms with Crippen LogP contribution in [-0.2, 0) is 17.5 Å². The van der Waals surface area contributed by atoms with E-state index in [1.54, 1.807) is 13.1 Å². The van der Waals surface area contributed by atoms with Gasteiger partial charge in [0.15, 0.2) is 0 Å². The average molecular weight is 492 g/mol. The predicted octanol–water partition coefficient (Wildman–Crippen LogP) is 4.21. The van der Waals surface area contributed by atoms with Crippen LogP contribution in [0.1, 0.15) is 56.1 Å². The third kappa shape index (κ3) is 6.52. The first-order valence-corrected chi connectivity index (χ1v) is 12.2. The average Bonchev–Trinajstić information content (AvgIpc) is 2.87. The Bertz CT molecular complexity index is 1000. The largest absolute Gasteiger partial charge is 0.416 e. The number of aromatic nitrogens is 3. The first-order valence-electron chi connectivity index (χ1n) is 12.2. The number of amides is 1. The molecule has 1 saturated heterocycles. The monoisotopic (exact) mass is 491 g/mol. The van der Waals surface area contributed by atoms with Gasteiger partial charge in [0, 0.05) is 38.6 Å². The molecule has 2 aromatic rings. The maximum Gasteiger partial charge on any atom is 0.416 e. The molecule has 35 heavy (non-hydrogen) atoms. The van der Waals surface area contributed by atoms with E-state index in [0.29, 0.717) is 30.7 Å². The van der Waals surface area contributed by atoms with Crippen molar-refractivity contribution in [3.8, 4) is 0 Å². The van der Waals surface area contributed by atoms with Crippen molar-refractivity contribution < 1.29 is 18.0 Å². The van der Waals surface area contributed by atoms with Gasteiger partial charge in [0.25, 0.3) is 0 Å². The highest BCUT2D eigenvalue weighted by Gasteiger charge is 2.33. The van der Waals surface area contributed by atoms with Crippen LogP contribution in [0.5, 0.6) is 0 Å². The number of nitrogens with zero attached hydrogens (tertiary/aromatic N) is 4. The molecule has 1 saturated carbocycles. The van der Waals surface area contributed by atoms with Gasteiger partial charge >= 0.3 is 6.18 Å². The second kappa shape index (κ2) is 11.1. The molecule has 11 heteroatoms. The summed E-state index contributed by atoms with van der Waals surface area (Å²) in [6.07, 6.45) is 1.81. The van der Waals surface area contributed by atoms with Crippen LogP contribution in [0.4, 0.5) is 31.0 Å². The smallest absolute Gasteiger partial charge is 0.357 e. The molecular formula is C24H32F3N7O. The molecule has 1 aliphatic heterocycles. The number of carbonyl (C=O) groups is 1. The van der Waals surface area contributed by atoms with E-state index in [2.05, 4.69) is 35.8 Å². The van der Waals surface area contributed by atoms with Gasteiger partial charge in [-0.05, 0) is 56.6 Å². The number of nitrogens with one attached hydrogen (secondary N) is 3. The van der Waals surface area contributed by atoms with Gasteiger partial charge in [-0.1, -0.05) is 18.2 Å². The number of alkyl halides is 3. The minimum absolute atomic E-state index is 0.0726. The minimum atomic E-state index is -4.44. The Labute approximate surface area is 203 Å². The van der Waals surface area contributed by atoms with Crippen LogP contribution in [-0.4, -0.2) is 47.0 Å². The molecule has 8 nitrogen and oxygen atoms in total. The quantitative estimate of drug-likeness (QED) is 0.534. The normalized spacial score (nSPS) is 20.9. The number of hydrogen-bond donors (Lipinski definition) is 3. The molecule has 1 amide bonds. The van der Waals surface area contributed by atoms with Gasteiger partial charge in [0.2, 0.25) is 23.8 Å². The van der Waals surface area contributed by atoms with Crippen LogP contribution in [0.15, 0.2) is 24.3 Å². The number of anilines is 3. The summed E-state index contributed by atoms with van der Waals surface area (Å²) >= 11 is 0. The third-order valence-corrected chi connectivity index (χ3v) is 6.69. The van der Waals surface area contributed by atoms with E-state index in [0.717, 1.165) is 44.8 Å². The molecule has 1 aromatic heterocycles. The van der Waals surface area contributed by atoms with E-state index in [-0.39, 0.29) is 30.0 Å². The minimum Gasteiger partial charge on any atom is -0.357 e. The summed E-state index contributed by atoms with van der Waals surface area (Å²) in [5.74, 6) is 1.27. The number of carbonyl (C=O) groups excluding carboxylic acids is 1. The van der Waals surface area contributed by atoms with Gasteiger partial charge < -0.3 is 20.9 Å². The molecule has 2 heterocycles. The lowest BCUT2D eigenvalue weighted by molar-refractivity contribution is -0.138. The number of halogens is 3. The highest BCUT2D eigenvalue weighted by atomic mass is 19.4. The molecule has 1 aliphatic carbocycles. The van der Waals surface area contributed by atoms with Crippen LogP contribution < -0.4 is 20.9 Å². The fourth-order valence-electron chi connectivity index (χ4n) is 4.74. The van der Waals surface area contributed by atoms with Crippen LogP contribution >= 0.6 is 0 Å². The van der Waals surface area contributed by atoms with Gasteiger partial charge in [-0.2, -0.15) is 28.1 Å². The van der Waals surface area contributed by atoms with Crippen LogP contribution in [0, 0.1) is 5.92 Å². The number of benzene rings is 1. The predicted molar refractivity (Wildman–Crippen MR) is 128 cm³/mol. The van der Waals surface area contributed by atoms with Crippen molar-refractivity contribution in [3.05, 3.63) is 35.4 Å². The molecule has 3 N–H and O–H groups in total. The van der Waals surface area contributed by atoms with Gasteiger partial charge in [0.05, 0.1) is 5.56 Å². The van der Waals surface area contributed by atoms with Crippen LogP contribution in [0.25, 0.3) is 0 Å². The van der Waals surface area contributed by atoms with Crippen molar-refractivity contribution in [1.29, 1.82) is 0 Å². The molecule has 1 aromatic carbocycles. The second-order valence-corrected chi connectivity index (χ2v) is 9.15. The van der Waals surface area contributed by atoms with Gasteiger partial charge in [-0.25, -0.2) is 0 Å². The SMILES string of the molecule is CNc1nc(NC2CCC(C(=O)NCc3ccccc3C(F)(F)F)CC2)nc(N2CCCCC2)n1. The zero-order valence-electron chi connectivity index (χ0n) is 19.9. The van der Waals surface area contributed by atoms with Gasteiger partial charge in [-0.15, -0.1) is 0 Å². The van der Waals surface area contributed by atoms with E-state index in [9.17, 15) is 18.0 Å². The molecule has 190 valence electrons. The summed E-state index contributed by atoms with van der Waals surface area (Å²) in [5, 5.41) is 9.08. The molecule has 2 aliphatic rings. The number of hydrogen-bond acceptors (Lipinski definition) is 7. The lowest BCUT2D eigenvalue weighted by Crippen LogP contribution is -2.36. The Morgan fingerprint density at radius 2 is 1.69 bits per heavy atom. The molecule has 0 radical (unpaired) electrons. The Balaban J connectivity index is 1.30. The fraction of sp³-hybridized carbons (Fsp3) is 0.583. The number of rotatable bonds is 7. The summed E-state index contributed by atoms with van der Waals surface area (Å²) in [6, 6.07) is 5.45. The standard InChI is InChI=1S/C24H32F3N7O/c1-28-21-31-22(33-23(32-21)34-13-5-2-6-14-34)30-18-11-9-16(10-12-18)20(35)29-15-17-7-3-4-8-19(17)24(25,26)27/h3-4,7-8,16,18H,2,5-6,9-15H2,1H3,(H,29,35)(H2,28,30,31,32,33). The van der Waals surface area contributed by atoms with Gasteiger partial charge in [-0.3, -0.25) is 4.79 Å². The summed E-state index contributed by atoms with van der Waals surface area (Å²) in [5.41, 5.74) is -0.640. The maximum atomic E-state index is 13.2. The molecule has 0 bridgehead atoms. The van der Waals surface area contributed by atoms with E-state index < -0.39 is 11.7 Å². The molecular weight excluding hydrogens is 459 g/mol. The molecule has 0 unspecified atom stereocenters. The van der Waals surface area contributed by atoms with E-state index in [4.69, 9.17) is 0 Å². The zero-order valence-corrected chi connectivity index (χ0v) is 19.9. The van der Waals surface area contributed by atoms with Crippen LogP contribution in [0.2, 0.25) is 0 Å². The summed E-state index contributed by atoms with van der Waals surface area (Å²) < 4.78 is 39.6. The zero-order chi connectivity index (χ0) is 24.8. The van der Waals surface area contributed by atoms with Gasteiger partial charge in [0.1, 0.15) is 0 Å². The van der Waals surface area contributed by atoms with Crippen molar-refractivity contribution in [2.24, 2.45) is 5.92 Å².